The number of allylic oxidation sites excluding steroid dienone is 5. The van der Waals surface area contributed by atoms with E-state index in [1.165, 1.54) is 71.6 Å². The Labute approximate surface area is 272 Å². The highest BCUT2D eigenvalue weighted by Gasteiger charge is 2.17. The minimum absolute atomic E-state index is 0.883. The van der Waals surface area contributed by atoms with Gasteiger partial charge in [0.15, 0.2) is 0 Å². The summed E-state index contributed by atoms with van der Waals surface area (Å²) in [6.45, 7) is 6.46. The van der Waals surface area contributed by atoms with E-state index in [1.807, 2.05) is 6.08 Å². The van der Waals surface area contributed by atoms with Crippen LogP contribution in [-0.2, 0) is 6.42 Å². The number of hydrogen-bond donors (Lipinski definition) is 0. The molecule has 0 unspecified atom stereocenters. The average molecular weight is 589 g/mol. The van der Waals surface area contributed by atoms with Crippen molar-refractivity contribution in [3.8, 4) is 22.3 Å². The standard InChI is InChI=1S/C46H36/c1-3-36(25-23-33(2)37-17-9-5-10-18-37)45-41-21-13-14-22-42(41)46(40-28-26-39(27-29-40)38-19-11-6-12-20-38)44-32-35(24-30-43(44)45)31-34-15-7-4-8-16-34/h3-30,32H,1,31H2,2H3/b33-23+,36-25+. The molecule has 0 spiro atoms. The van der Waals surface area contributed by atoms with E-state index in [1.54, 1.807) is 0 Å². The van der Waals surface area contributed by atoms with E-state index in [-0.39, 0.29) is 0 Å². The maximum atomic E-state index is 4.30. The van der Waals surface area contributed by atoms with Crippen LogP contribution in [0.4, 0.5) is 0 Å². The zero-order valence-corrected chi connectivity index (χ0v) is 26.2. The molecule has 0 aliphatic carbocycles. The van der Waals surface area contributed by atoms with Crippen molar-refractivity contribution in [1.29, 1.82) is 0 Å². The molecule has 0 saturated heterocycles. The van der Waals surface area contributed by atoms with Gasteiger partial charge in [-0.2, -0.15) is 0 Å². The Bertz CT molecular complexity index is 2200. The Morgan fingerprint density at radius 1 is 0.500 bits per heavy atom. The molecule has 7 aromatic rings. The Morgan fingerprint density at radius 2 is 1.07 bits per heavy atom. The lowest BCUT2D eigenvalue weighted by molar-refractivity contribution is 1.20. The van der Waals surface area contributed by atoms with Gasteiger partial charge in [0, 0.05) is 0 Å². The summed E-state index contributed by atoms with van der Waals surface area (Å²) >= 11 is 0. The zero-order chi connectivity index (χ0) is 31.3. The topological polar surface area (TPSA) is 0 Å². The van der Waals surface area contributed by atoms with Gasteiger partial charge in [0.1, 0.15) is 0 Å². The lowest BCUT2D eigenvalue weighted by Crippen LogP contribution is -1.95. The van der Waals surface area contributed by atoms with E-state index in [0.717, 1.165) is 12.0 Å². The number of benzene rings is 7. The van der Waals surface area contributed by atoms with Crippen LogP contribution in [0.3, 0.4) is 0 Å². The lowest BCUT2D eigenvalue weighted by Gasteiger charge is -2.19. The third kappa shape index (κ3) is 5.86. The Balaban J connectivity index is 1.46. The molecule has 0 aromatic heterocycles. The second kappa shape index (κ2) is 13.1. The summed E-state index contributed by atoms with van der Waals surface area (Å²) in [5, 5.41) is 4.95. The minimum atomic E-state index is 0.883. The van der Waals surface area contributed by atoms with Crippen molar-refractivity contribution in [3.05, 3.63) is 205 Å². The van der Waals surface area contributed by atoms with E-state index in [2.05, 4.69) is 183 Å². The SMILES string of the molecule is C=C/C(=C\C=C(/C)c1ccccc1)c1c2ccccc2c(-c2ccc(-c3ccccc3)cc2)c2cc(Cc3ccccc3)ccc12. The molecule has 0 nitrogen and oxygen atoms in total. The first-order valence-electron chi connectivity index (χ1n) is 15.9. The molecule has 7 aromatic carbocycles. The van der Waals surface area contributed by atoms with Crippen LogP contribution in [0.2, 0.25) is 0 Å². The van der Waals surface area contributed by atoms with Crippen molar-refractivity contribution in [2.24, 2.45) is 0 Å². The quantitative estimate of drug-likeness (QED) is 0.122. The van der Waals surface area contributed by atoms with E-state index in [0.29, 0.717) is 0 Å². The van der Waals surface area contributed by atoms with Gasteiger partial charge in [-0.25, -0.2) is 0 Å². The molecule has 0 bridgehead atoms. The Hall–Kier alpha value is -5.72. The molecule has 46 heavy (non-hydrogen) atoms. The van der Waals surface area contributed by atoms with Gasteiger partial charge < -0.3 is 0 Å². The normalized spacial score (nSPS) is 12.0. The van der Waals surface area contributed by atoms with E-state index in [9.17, 15) is 0 Å². The van der Waals surface area contributed by atoms with Gasteiger partial charge in [0.05, 0.1) is 0 Å². The fourth-order valence-corrected chi connectivity index (χ4v) is 6.51. The molecule has 0 amide bonds. The van der Waals surface area contributed by atoms with Crippen molar-refractivity contribution in [2.75, 3.05) is 0 Å². The van der Waals surface area contributed by atoms with Crippen LogP contribution in [0, 0.1) is 0 Å². The summed E-state index contributed by atoms with van der Waals surface area (Å²) in [7, 11) is 0. The fourth-order valence-electron chi connectivity index (χ4n) is 6.51. The van der Waals surface area contributed by atoms with Gasteiger partial charge in [-0.3, -0.25) is 0 Å². The number of fused-ring (bicyclic) bond motifs is 2. The smallest absolute Gasteiger partial charge is 0.00255 e. The Morgan fingerprint density at radius 3 is 1.76 bits per heavy atom. The van der Waals surface area contributed by atoms with Crippen LogP contribution in [0.1, 0.15) is 29.2 Å². The van der Waals surface area contributed by atoms with Gasteiger partial charge in [-0.15, -0.1) is 0 Å². The molecule has 0 N–H and O–H groups in total. The van der Waals surface area contributed by atoms with Crippen molar-refractivity contribution in [1.82, 2.24) is 0 Å². The van der Waals surface area contributed by atoms with Gasteiger partial charge in [0.25, 0.3) is 0 Å². The first-order valence-corrected chi connectivity index (χ1v) is 15.9. The monoisotopic (exact) mass is 588 g/mol. The predicted molar refractivity (Wildman–Crippen MR) is 200 cm³/mol. The summed E-state index contributed by atoms with van der Waals surface area (Å²) < 4.78 is 0. The van der Waals surface area contributed by atoms with Crippen molar-refractivity contribution >= 4 is 32.7 Å². The van der Waals surface area contributed by atoms with Crippen LogP contribution < -0.4 is 0 Å². The maximum Gasteiger partial charge on any atom is -0.00255 e. The minimum Gasteiger partial charge on any atom is -0.0984 e. The molecule has 0 heteroatoms. The summed E-state index contributed by atoms with van der Waals surface area (Å²) in [6, 6.07) is 56.8. The molecule has 0 atom stereocenters. The second-order valence-corrected chi connectivity index (χ2v) is 11.8. The molecule has 0 aliphatic rings. The highest BCUT2D eigenvalue weighted by molar-refractivity contribution is 6.19. The molecule has 0 radical (unpaired) electrons. The van der Waals surface area contributed by atoms with Crippen LogP contribution in [0.25, 0.3) is 54.9 Å². The third-order valence-electron chi connectivity index (χ3n) is 8.87. The van der Waals surface area contributed by atoms with Crippen LogP contribution >= 0.6 is 0 Å². The summed E-state index contributed by atoms with van der Waals surface area (Å²) in [5.41, 5.74) is 12.3. The van der Waals surface area contributed by atoms with Crippen molar-refractivity contribution in [2.45, 2.75) is 13.3 Å². The van der Waals surface area contributed by atoms with Gasteiger partial charge in [0.2, 0.25) is 0 Å². The second-order valence-electron chi connectivity index (χ2n) is 11.8. The summed E-state index contributed by atoms with van der Waals surface area (Å²) in [4.78, 5) is 0. The largest absolute Gasteiger partial charge is 0.0984 e. The Kier molecular flexibility index (Phi) is 8.26. The number of rotatable bonds is 8. The number of hydrogen-bond acceptors (Lipinski definition) is 0. The van der Waals surface area contributed by atoms with Crippen LogP contribution in [-0.4, -0.2) is 0 Å². The zero-order valence-electron chi connectivity index (χ0n) is 26.2. The van der Waals surface area contributed by atoms with Crippen LogP contribution in [0.15, 0.2) is 183 Å². The van der Waals surface area contributed by atoms with Crippen molar-refractivity contribution < 1.29 is 0 Å². The van der Waals surface area contributed by atoms with Gasteiger partial charge >= 0.3 is 0 Å². The molecular weight excluding hydrogens is 553 g/mol. The first-order chi connectivity index (χ1) is 22.7. The average Bonchev–Trinajstić information content (AvgIpc) is 3.12. The predicted octanol–water partition coefficient (Wildman–Crippen LogP) is 12.6. The van der Waals surface area contributed by atoms with Gasteiger partial charge in [-0.05, 0) is 90.5 Å². The first kappa shape index (κ1) is 29.0. The molecule has 0 aliphatic heterocycles. The maximum absolute atomic E-state index is 4.30. The molecule has 0 saturated carbocycles. The highest BCUT2D eigenvalue weighted by atomic mass is 14.2. The van der Waals surface area contributed by atoms with Gasteiger partial charge in [-0.1, -0.05) is 183 Å². The lowest BCUT2D eigenvalue weighted by atomic mass is 9.84. The molecule has 220 valence electrons. The fraction of sp³-hybridized carbons (Fsp3) is 0.0435. The summed E-state index contributed by atoms with van der Waals surface area (Å²) in [5.74, 6) is 0. The molecule has 0 fully saturated rings. The van der Waals surface area contributed by atoms with Crippen molar-refractivity contribution in [3.63, 3.8) is 0 Å². The molecule has 0 heterocycles. The third-order valence-corrected chi connectivity index (χ3v) is 8.87. The van der Waals surface area contributed by atoms with E-state index < -0.39 is 0 Å². The molecular formula is C46H36. The molecule has 7 rings (SSSR count). The van der Waals surface area contributed by atoms with E-state index in [4.69, 9.17) is 0 Å². The van der Waals surface area contributed by atoms with E-state index >= 15 is 0 Å². The summed E-state index contributed by atoms with van der Waals surface area (Å²) in [6.07, 6.45) is 7.33. The van der Waals surface area contributed by atoms with Crippen LogP contribution in [0.5, 0.6) is 0 Å². The highest BCUT2D eigenvalue weighted by Crippen LogP contribution is 2.43.